The van der Waals surface area contributed by atoms with Gasteiger partial charge in [0.15, 0.2) is 0 Å². The first kappa shape index (κ1) is 14.9. The Labute approximate surface area is 136 Å². The second-order valence-electron chi connectivity index (χ2n) is 6.20. The molecule has 0 atom stereocenters. The number of hydrogen-bond donors (Lipinski definition) is 1. The number of hydrogen-bond acceptors (Lipinski definition) is 2. The maximum atomic E-state index is 12.7. The van der Waals surface area contributed by atoms with Crippen molar-refractivity contribution in [1.29, 1.82) is 0 Å². The predicted octanol–water partition coefficient (Wildman–Crippen LogP) is 3.31. The van der Waals surface area contributed by atoms with Crippen molar-refractivity contribution in [2.45, 2.75) is 24.7 Å². The number of fused-ring (bicyclic) bond motifs is 2. The number of nitrogen functional groups attached to an aromatic ring is 1. The maximum absolute atomic E-state index is 12.7. The normalized spacial score (nSPS) is 17.0. The Bertz CT molecular complexity index is 707. The van der Waals surface area contributed by atoms with Crippen molar-refractivity contribution in [3.05, 3.63) is 59.7 Å². The molecule has 1 heterocycles. The lowest BCUT2D eigenvalue weighted by Crippen LogP contribution is -2.32. The summed E-state index contributed by atoms with van der Waals surface area (Å²) in [5.41, 5.74) is 10.2. The van der Waals surface area contributed by atoms with E-state index in [-0.39, 0.29) is 23.7 Å². The van der Waals surface area contributed by atoms with E-state index < -0.39 is 0 Å². The molecule has 4 heteroatoms. The summed E-state index contributed by atoms with van der Waals surface area (Å²) in [6.45, 7) is 0.847. The summed E-state index contributed by atoms with van der Waals surface area (Å²) in [7, 11) is 0. The second-order valence-corrected chi connectivity index (χ2v) is 6.20. The summed E-state index contributed by atoms with van der Waals surface area (Å²) in [6, 6.07) is 15.9. The molecule has 2 N–H and O–H groups in total. The van der Waals surface area contributed by atoms with Gasteiger partial charge < -0.3 is 10.6 Å². The number of halogens is 1. The van der Waals surface area contributed by atoms with Crippen molar-refractivity contribution in [2.24, 2.45) is 0 Å². The molecule has 0 radical (unpaired) electrons. The molecule has 114 valence electrons. The van der Waals surface area contributed by atoms with E-state index in [0.29, 0.717) is 6.42 Å². The van der Waals surface area contributed by atoms with Crippen LogP contribution < -0.4 is 10.6 Å². The van der Waals surface area contributed by atoms with Crippen molar-refractivity contribution >= 4 is 29.7 Å². The third kappa shape index (κ3) is 2.35. The van der Waals surface area contributed by atoms with E-state index in [2.05, 4.69) is 18.2 Å². The third-order valence-electron chi connectivity index (χ3n) is 4.72. The van der Waals surface area contributed by atoms with Gasteiger partial charge in [-0.25, -0.2) is 0 Å². The Morgan fingerprint density at radius 2 is 1.77 bits per heavy atom. The van der Waals surface area contributed by atoms with Gasteiger partial charge in [-0.1, -0.05) is 30.3 Å². The number of para-hydroxylation sites is 1. The largest absolute Gasteiger partial charge is 0.399 e. The lowest BCUT2D eigenvalue weighted by atomic mass is 9.99. The Kier molecular flexibility index (Phi) is 3.61. The first-order chi connectivity index (χ1) is 10.2. The molecule has 1 aliphatic carbocycles. The molecular weight excluding hydrogens is 296 g/mol. The van der Waals surface area contributed by atoms with Crippen LogP contribution in [0.3, 0.4) is 0 Å². The van der Waals surface area contributed by atoms with Crippen LogP contribution in [0.15, 0.2) is 48.5 Å². The van der Waals surface area contributed by atoms with E-state index in [0.717, 1.165) is 23.5 Å². The molecule has 2 aliphatic rings. The summed E-state index contributed by atoms with van der Waals surface area (Å²) in [5, 5.41) is 0. The van der Waals surface area contributed by atoms with E-state index in [1.54, 1.807) is 0 Å². The van der Waals surface area contributed by atoms with Crippen LogP contribution in [0.5, 0.6) is 0 Å². The number of nitrogens with two attached hydrogens (primary N) is 1. The number of carbonyl (C=O) groups is 1. The topological polar surface area (TPSA) is 46.3 Å². The highest BCUT2D eigenvalue weighted by Gasteiger charge is 2.52. The summed E-state index contributed by atoms with van der Waals surface area (Å²) in [5.74, 6) is 0.177. The second kappa shape index (κ2) is 5.33. The molecule has 0 unspecified atom stereocenters. The van der Waals surface area contributed by atoms with Crippen molar-refractivity contribution in [3.8, 4) is 0 Å². The van der Waals surface area contributed by atoms with Crippen molar-refractivity contribution in [3.63, 3.8) is 0 Å². The van der Waals surface area contributed by atoms with Crippen molar-refractivity contribution in [1.82, 2.24) is 0 Å². The number of carbonyl (C=O) groups excluding carboxylic acids is 1. The highest BCUT2D eigenvalue weighted by Crippen LogP contribution is 2.56. The lowest BCUT2D eigenvalue weighted by Gasteiger charge is -2.18. The quantitative estimate of drug-likeness (QED) is 0.864. The molecule has 1 fully saturated rings. The standard InChI is InChI=1S/C18H18N2O.ClH/c19-14-7-5-13(6-8-14)11-17(21)20-12-18(9-10-18)15-3-1-2-4-16(15)20;/h1-8H,9-12,19H2;1H. The SMILES string of the molecule is Cl.Nc1ccc(CC(=O)N2CC3(CC3)c3ccccc32)cc1. The summed E-state index contributed by atoms with van der Waals surface area (Å²) in [6.07, 6.45) is 2.84. The zero-order valence-electron chi connectivity index (χ0n) is 12.3. The van der Waals surface area contributed by atoms with Crippen LogP contribution in [0.1, 0.15) is 24.0 Å². The van der Waals surface area contributed by atoms with E-state index in [1.807, 2.05) is 35.2 Å². The molecule has 4 rings (SSSR count). The van der Waals surface area contributed by atoms with Crippen LogP contribution in [0.25, 0.3) is 0 Å². The summed E-state index contributed by atoms with van der Waals surface area (Å²) >= 11 is 0. The highest BCUT2D eigenvalue weighted by molar-refractivity contribution is 5.98. The molecule has 0 aromatic heterocycles. The van der Waals surface area contributed by atoms with Crippen LogP contribution in [0.2, 0.25) is 0 Å². The maximum Gasteiger partial charge on any atom is 0.231 e. The number of anilines is 2. The van der Waals surface area contributed by atoms with Gasteiger partial charge in [0.05, 0.1) is 6.42 Å². The molecule has 1 amide bonds. The lowest BCUT2D eigenvalue weighted by molar-refractivity contribution is -0.117. The van der Waals surface area contributed by atoms with Gasteiger partial charge in [-0.05, 0) is 42.2 Å². The van der Waals surface area contributed by atoms with Gasteiger partial charge in [-0.3, -0.25) is 4.79 Å². The van der Waals surface area contributed by atoms with Crippen LogP contribution in [0, 0.1) is 0 Å². The Morgan fingerprint density at radius 3 is 2.45 bits per heavy atom. The molecule has 1 spiro atoms. The average molecular weight is 315 g/mol. The fraction of sp³-hybridized carbons (Fsp3) is 0.278. The smallest absolute Gasteiger partial charge is 0.231 e. The van der Waals surface area contributed by atoms with Crippen LogP contribution >= 0.6 is 12.4 Å². The van der Waals surface area contributed by atoms with Crippen LogP contribution in [-0.4, -0.2) is 12.5 Å². The molecule has 22 heavy (non-hydrogen) atoms. The van der Waals surface area contributed by atoms with E-state index >= 15 is 0 Å². The molecule has 1 saturated carbocycles. The number of nitrogens with zero attached hydrogens (tertiary/aromatic N) is 1. The minimum absolute atomic E-state index is 0. The molecule has 2 aromatic carbocycles. The summed E-state index contributed by atoms with van der Waals surface area (Å²) < 4.78 is 0. The minimum atomic E-state index is 0. The Balaban J connectivity index is 0.00000144. The number of rotatable bonds is 2. The Hall–Kier alpha value is -2.00. The van der Waals surface area contributed by atoms with Crippen molar-refractivity contribution < 1.29 is 4.79 Å². The van der Waals surface area contributed by atoms with Crippen LogP contribution in [0.4, 0.5) is 11.4 Å². The van der Waals surface area contributed by atoms with Gasteiger partial charge in [0.25, 0.3) is 0 Å². The average Bonchev–Trinajstić information content (AvgIpc) is 3.20. The molecular formula is C18H19ClN2O. The summed E-state index contributed by atoms with van der Waals surface area (Å²) in [4.78, 5) is 14.6. The fourth-order valence-electron chi connectivity index (χ4n) is 3.34. The monoisotopic (exact) mass is 314 g/mol. The first-order valence-corrected chi connectivity index (χ1v) is 7.42. The molecule has 2 aromatic rings. The van der Waals surface area contributed by atoms with Crippen LogP contribution in [-0.2, 0) is 16.6 Å². The van der Waals surface area contributed by atoms with Gasteiger partial charge in [-0.2, -0.15) is 0 Å². The molecule has 0 saturated heterocycles. The third-order valence-corrected chi connectivity index (χ3v) is 4.72. The number of amides is 1. The van der Waals surface area contributed by atoms with Gasteiger partial charge in [-0.15, -0.1) is 12.4 Å². The van der Waals surface area contributed by atoms with E-state index in [1.165, 1.54) is 18.4 Å². The first-order valence-electron chi connectivity index (χ1n) is 7.42. The van der Waals surface area contributed by atoms with E-state index in [4.69, 9.17) is 5.73 Å². The zero-order valence-corrected chi connectivity index (χ0v) is 13.1. The Morgan fingerprint density at radius 1 is 1.09 bits per heavy atom. The molecule has 0 bridgehead atoms. The number of benzene rings is 2. The highest BCUT2D eigenvalue weighted by atomic mass is 35.5. The zero-order chi connectivity index (χ0) is 14.4. The minimum Gasteiger partial charge on any atom is -0.399 e. The van der Waals surface area contributed by atoms with E-state index in [9.17, 15) is 4.79 Å². The predicted molar refractivity (Wildman–Crippen MR) is 91.5 cm³/mol. The van der Waals surface area contributed by atoms with Crippen molar-refractivity contribution in [2.75, 3.05) is 17.2 Å². The van der Waals surface area contributed by atoms with Gasteiger partial charge in [0, 0.05) is 23.3 Å². The van der Waals surface area contributed by atoms with Gasteiger partial charge in [0.2, 0.25) is 5.91 Å². The fourth-order valence-corrected chi connectivity index (χ4v) is 3.34. The molecule has 1 aliphatic heterocycles. The van der Waals surface area contributed by atoms with Gasteiger partial charge in [0.1, 0.15) is 0 Å². The van der Waals surface area contributed by atoms with Gasteiger partial charge >= 0.3 is 0 Å². The molecule has 3 nitrogen and oxygen atoms in total.